The first-order valence-corrected chi connectivity index (χ1v) is 14.6. The number of aliphatic hydroxyl groups is 1. The summed E-state index contributed by atoms with van der Waals surface area (Å²) in [6.07, 6.45) is 7.92. The van der Waals surface area contributed by atoms with Crippen molar-refractivity contribution in [2.24, 2.45) is 5.41 Å². The average molecular weight is 558 g/mol. The topological polar surface area (TPSA) is 59.4 Å². The van der Waals surface area contributed by atoms with Gasteiger partial charge >= 0.3 is 5.97 Å². The molecule has 0 bridgehead atoms. The Morgan fingerprint density at radius 1 is 1.08 bits per heavy atom. The van der Waals surface area contributed by atoms with Gasteiger partial charge in [0.05, 0.1) is 23.9 Å². The van der Waals surface area contributed by atoms with Gasteiger partial charge < -0.3 is 9.84 Å². The van der Waals surface area contributed by atoms with Gasteiger partial charge in [0.25, 0.3) is 0 Å². The van der Waals surface area contributed by atoms with Crippen molar-refractivity contribution in [3.8, 4) is 0 Å². The standard InChI is InChI=1S/C33H32ClNO3S/c1-38-32(37)29-8-3-2-6-24(29)12-16-31(39-22-33(21-36)17-18-33)26-7-4-5-23(19-26)9-14-28-15-11-25-10-13-27(34)20-30(25)35-28/h2-11,13-15,19-20,31,36H,12,16-18,21-22H2,1H3/b14-9+/t31-/m1/s1. The summed E-state index contributed by atoms with van der Waals surface area (Å²) in [6, 6.07) is 26.1. The molecule has 1 saturated carbocycles. The number of halogens is 1. The average Bonchev–Trinajstić information content (AvgIpc) is 3.76. The largest absolute Gasteiger partial charge is 0.465 e. The Morgan fingerprint density at radius 3 is 2.69 bits per heavy atom. The van der Waals surface area contributed by atoms with E-state index in [4.69, 9.17) is 21.3 Å². The van der Waals surface area contributed by atoms with Crippen molar-refractivity contribution >= 4 is 52.4 Å². The quantitative estimate of drug-likeness (QED) is 0.189. The molecule has 1 aromatic heterocycles. The SMILES string of the molecule is COC(=O)c1ccccc1CC[C@@H](SCC1(CO)CC1)c1cccc(/C=C/c2ccc3ccc(Cl)cc3n2)c1. The number of aliphatic hydroxyl groups excluding tert-OH is 1. The summed E-state index contributed by atoms with van der Waals surface area (Å²) in [5.74, 6) is 0.625. The van der Waals surface area contributed by atoms with Gasteiger partial charge in [-0.1, -0.05) is 72.3 Å². The van der Waals surface area contributed by atoms with Crippen molar-refractivity contribution in [2.75, 3.05) is 19.5 Å². The third-order valence-corrected chi connectivity index (χ3v) is 9.31. The molecule has 200 valence electrons. The highest BCUT2D eigenvalue weighted by molar-refractivity contribution is 7.99. The van der Waals surface area contributed by atoms with E-state index < -0.39 is 0 Å². The number of benzene rings is 3. The Bertz CT molecular complexity index is 1500. The van der Waals surface area contributed by atoms with E-state index in [9.17, 15) is 9.90 Å². The molecule has 5 rings (SSSR count). The van der Waals surface area contributed by atoms with E-state index in [1.807, 2.05) is 66.4 Å². The predicted molar refractivity (Wildman–Crippen MR) is 162 cm³/mol. The van der Waals surface area contributed by atoms with E-state index >= 15 is 0 Å². The van der Waals surface area contributed by atoms with Crippen LogP contribution < -0.4 is 0 Å². The number of thioether (sulfide) groups is 1. The summed E-state index contributed by atoms with van der Waals surface area (Å²) < 4.78 is 5.00. The second-order valence-electron chi connectivity index (χ2n) is 10.2. The number of esters is 1. The molecule has 1 N–H and O–H groups in total. The van der Waals surface area contributed by atoms with Crippen LogP contribution in [0, 0.1) is 5.41 Å². The summed E-state index contributed by atoms with van der Waals surface area (Å²) in [4.78, 5) is 17.0. The Hall–Kier alpha value is -3.12. The highest BCUT2D eigenvalue weighted by atomic mass is 35.5. The number of aryl methyl sites for hydroxylation is 1. The normalized spacial score (nSPS) is 14.9. The number of fused-ring (bicyclic) bond motifs is 1. The van der Waals surface area contributed by atoms with Crippen LogP contribution >= 0.6 is 23.4 Å². The maximum absolute atomic E-state index is 12.3. The molecule has 0 amide bonds. The first kappa shape index (κ1) is 27.4. The van der Waals surface area contributed by atoms with Gasteiger partial charge in [0, 0.05) is 33.4 Å². The van der Waals surface area contributed by atoms with Crippen LogP contribution in [0.4, 0.5) is 0 Å². The second-order valence-corrected chi connectivity index (χ2v) is 11.8. The fraction of sp³-hybridized carbons (Fsp3) is 0.273. The Labute approximate surface area is 239 Å². The highest BCUT2D eigenvalue weighted by Crippen LogP contribution is 2.50. The zero-order chi connectivity index (χ0) is 27.2. The summed E-state index contributed by atoms with van der Waals surface area (Å²) in [5.41, 5.74) is 5.78. The number of aromatic nitrogens is 1. The van der Waals surface area contributed by atoms with Crippen LogP contribution in [-0.4, -0.2) is 35.5 Å². The molecule has 4 nitrogen and oxygen atoms in total. The Kier molecular flexibility index (Phi) is 8.71. The van der Waals surface area contributed by atoms with E-state index in [-0.39, 0.29) is 23.2 Å². The van der Waals surface area contributed by atoms with Gasteiger partial charge in [-0.25, -0.2) is 9.78 Å². The molecule has 6 heteroatoms. The molecule has 1 atom stereocenters. The maximum atomic E-state index is 12.3. The summed E-state index contributed by atoms with van der Waals surface area (Å²) >= 11 is 8.07. The highest BCUT2D eigenvalue weighted by Gasteiger charge is 2.42. The third-order valence-electron chi connectivity index (χ3n) is 7.39. The molecule has 0 aliphatic heterocycles. The Balaban J connectivity index is 1.36. The number of ether oxygens (including phenoxy) is 1. The molecule has 39 heavy (non-hydrogen) atoms. The minimum atomic E-state index is -0.302. The molecule has 0 saturated heterocycles. The number of carbonyl (C=O) groups is 1. The van der Waals surface area contributed by atoms with Gasteiger partial charge in [-0.15, -0.1) is 0 Å². The smallest absolute Gasteiger partial charge is 0.338 e. The molecule has 0 unspecified atom stereocenters. The van der Waals surface area contributed by atoms with Gasteiger partial charge in [0.1, 0.15) is 0 Å². The lowest BCUT2D eigenvalue weighted by atomic mass is 9.98. The molecule has 1 fully saturated rings. The first-order chi connectivity index (χ1) is 19.0. The number of hydrogen-bond donors (Lipinski definition) is 1. The van der Waals surface area contributed by atoms with Crippen molar-refractivity contribution in [3.63, 3.8) is 0 Å². The number of methoxy groups -OCH3 is 1. The third kappa shape index (κ3) is 6.91. The number of carbonyl (C=O) groups excluding carboxylic acids is 1. The molecule has 1 aliphatic carbocycles. The van der Waals surface area contributed by atoms with Gasteiger partial charge in [-0.3, -0.25) is 0 Å². The van der Waals surface area contributed by atoms with Gasteiger partial charge in [0.2, 0.25) is 0 Å². The van der Waals surface area contributed by atoms with E-state index in [1.54, 1.807) is 0 Å². The number of pyridine rings is 1. The summed E-state index contributed by atoms with van der Waals surface area (Å²) in [7, 11) is 1.42. The Morgan fingerprint density at radius 2 is 1.90 bits per heavy atom. The fourth-order valence-corrected chi connectivity index (χ4v) is 6.45. The van der Waals surface area contributed by atoms with Crippen LogP contribution in [0.1, 0.15) is 57.3 Å². The first-order valence-electron chi connectivity index (χ1n) is 13.2. The van der Waals surface area contributed by atoms with Crippen LogP contribution in [0.15, 0.2) is 78.9 Å². The van der Waals surface area contributed by atoms with Crippen LogP contribution in [0.5, 0.6) is 0 Å². The maximum Gasteiger partial charge on any atom is 0.338 e. The van der Waals surface area contributed by atoms with Gasteiger partial charge in [-0.2, -0.15) is 11.8 Å². The van der Waals surface area contributed by atoms with Crippen molar-refractivity contribution < 1.29 is 14.6 Å². The monoisotopic (exact) mass is 557 g/mol. The van der Waals surface area contributed by atoms with E-state index in [0.717, 1.165) is 59.2 Å². The molecule has 4 aromatic rings. The number of hydrogen-bond acceptors (Lipinski definition) is 5. The minimum absolute atomic E-state index is 0.0645. The van der Waals surface area contributed by atoms with Crippen LogP contribution in [0.2, 0.25) is 5.02 Å². The summed E-state index contributed by atoms with van der Waals surface area (Å²) in [6.45, 7) is 0.241. The van der Waals surface area contributed by atoms with Crippen LogP contribution in [0.3, 0.4) is 0 Å². The summed E-state index contributed by atoms with van der Waals surface area (Å²) in [5, 5.41) is 11.9. The zero-order valence-corrected chi connectivity index (χ0v) is 23.5. The number of rotatable bonds is 11. The van der Waals surface area contributed by atoms with Crippen LogP contribution in [-0.2, 0) is 11.2 Å². The van der Waals surface area contributed by atoms with E-state index in [1.165, 1.54) is 12.7 Å². The van der Waals surface area contributed by atoms with Crippen molar-refractivity contribution in [1.29, 1.82) is 0 Å². The molecular formula is C33H32ClNO3S. The molecule has 1 aliphatic rings. The van der Waals surface area contributed by atoms with Crippen molar-refractivity contribution in [3.05, 3.63) is 112 Å². The van der Waals surface area contributed by atoms with Crippen LogP contribution in [0.25, 0.3) is 23.1 Å². The lowest BCUT2D eigenvalue weighted by Crippen LogP contribution is -2.12. The molecule has 1 heterocycles. The fourth-order valence-electron chi connectivity index (χ4n) is 4.73. The zero-order valence-electron chi connectivity index (χ0n) is 22.0. The van der Waals surface area contributed by atoms with Crippen molar-refractivity contribution in [2.45, 2.75) is 30.9 Å². The van der Waals surface area contributed by atoms with Gasteiger partial charge in [-0.05, 0) is 72.7 Å². The predicted octanol–water partition coefficient (Wildman–Crippen LogP) is 8.02. The van der Waals surface area contributed by atoms with E-state index in [2.05, 4.69) is 36.4 Å². The lowest BCUT2D eigenvalue weighted by molar-refractivity contribution is 0.0599. The van der Waals surface area contributed by atoms with Crippen molar-refractivity contribution in [1.82, 2.24) is 4.98 Å². The van der Waals surface area contributed by atoms with E-state index in [0.29, 0.717) is 10.6 Å². The molecular weight excluding hydrogens is 526 g/mol. The molecule has 0 radical (unpaired) electrons. The number of nitrogens with zero attached hydrogens (tertiary/aromatic N) is 1. The molecule has 0 spiro atoms. The van der Waals surface area contributed by atoms with Gasteiger partial charge in [0.15, 0.2) is 0 Å². The minimum Gasteiger partial charge on any atom is -0.465 e. The second kappa shape index (κ2) is 12.4. The lowest BCUT2D eigenvalue weighted by Gasteiger charge is -2.21. The molecule has 3 aromatic carbocycles.